The van der Waals surface area contributed by atoms with Crippen LogP contribution in [0, 0.1) is 11.3 Å². The minimum Gasteiger partial charge on any atom is -0.497 e. The molecule has 74 valence electrons. The zero-order valence-corrected chi connectivity index (χ0v) is 8.54. The van der Waals surface area contributed by atoms with E-state index in [1.807, 2.05) is 12.1 Å². The number of hydrogen-bond donors (Lipinski definition) is 0. The van der Waals surface area contributed by atoms with Crippen molar-refractivity contribution in [2.45, 2.75) is 5.88 Å². The van der Waals surface area contributed by atoms with Crippen molar-refractivity contribution < 1.29 is 9.47 Å². The zero-order valence-electron chi connectivity index (χ0n) is 7.79. The molecule has 0 bridgehead atoms. The second-order valence-corrected chi connectivity index (χ2v) is 2.82. The van der Waals surface area contributed by atoms with Gasteiger partial charge < -0.3 is 9.47 Å². The monoisotopic (exact) mass is 211 g/mol. The Morgan fingerprint density at radius 2 is 2.29 bits per heavy atom. The van der Waals surface area contributed by atoms with Crippen LogP contribution in [0.3, 0.4) is 0 Å². The van der Waals surface area contributed by atoms with Gasteiger partial charge in [-0.25, -0.2) is 0 Å². The Morgan fingerprint density at radius 3 is 2.86 bits per heavy atom. The quantitative estimate of drug-likeness (QED) is 0.718. The Hall–Kier alpha value is -1.40. The fraction of sp³-hybridized carbons (Fsp3) is 0.300. The zero-order chi connectivity index (χ0) is 10.4. The minimum absolute atomic E-state index is 0.0110. The van der Waals surface area contributed by atoms with Gasteiger partial charge >= 0.3 is 0 Å². The highest BCUT2D eigenvalue weighted by molar-refractivity contribution is 6.17. The summed E-state index contributed by atoms with van der Waals surface area (Å²) in [6, 6.07) is 7.24. The average molecular weight is 212 g/mol. The van der Waals surface area contributed by atoms with Crippen LogP contribution in [0.1, 0.15) is 5.56 Å². The number of nitrogens with zero attached hydrogens (tertiary/aromatic N) is 1. The van der Waals surface area contributed by atoms with E-state index in [0.717, 1.165) is 5.56 Å². The van der Waals surface area contributed by atoms with E-state index in [4.69, 9.17) is 26.3 Å². The van der Waals surface area contributed by atoms with Crippen LogP contribution in [0.2, 0.25) is 0 Å². The fourth-order valence-electron chi connectivity index (χ4n) is 1.02. The maximum absolute atomic E-state index is 8.38. The van der Waals surface area contributed by atoms with Gasteiger partial charge in [0.15, 0.2) is 6.61 Å². The lowest BCUT2D eigenvalue weighted by molar-refractivity contribution is 0.358. The van der Waals surface area contributed by atoms with Gasteiger partial charge in [-0.05, 0) is 6.07 Å². The SMILES string of the molecule is COc1ccc(CCl)c(OCC#N)c1. The lowest BCUT2D eigenvalue weighted by Gasteiger charge is -2.08. The van der Waals surface area contributed by atoms with E-state index in [1.165, 1.54) is 0 Å². The number of halogens is 1. The lowest BCUT2D eigenvalue weighted by atomic mass is 10.2. The molecule has 0 N–H and O–H groups in total. The van der Waals surface area contributed by atoms with Gasteiger partial charge in [-0.1, -0.05) is 6.07 Å². The molecule has 0 aromatic heterocycles. The number of methoxy groups -OCH3 is 1. The van der Waals surface area contributed by atoms with Gasteiger partial charge in [-0.3, -0.25) is 0 Å². The van der Waals surface area contributed by atoms with Crippen LogP contribution >= 0.6 is 11.6 Å². The van der Waals surface area contributed by atoms with Gasteiger partial charge in [0.2, 0.25) is 0 Å². The van der Waals surface area contributed by atoms with Crippen LogP contribution in [0.15, 0.2) is 18.2 Å². The molecule has 0 fully saturated rings. The summed E-state index contributed by atoms with van der Waals surface area (Å²) in [5.74, 6) is 1.64. The molecule has 14 heavy (non-hydrogen) atoms. The largest absolute Gasteiger partial charge is 0.497 e. The van der Waals surface area contributed by atoms with Gasteiger partial charge in [0.05, 0.1) is 13.0 Å². The van der Waals surface area contributed by atoms with Crippen LogP contribution in [0.5, 0.6) is 11.5 Å². The summed E-state index contributed by atoms with van der Waals surface area (Å²) in [7, 11) is 1.57. The first-order valence-electron chi connectivity index (χ1n) is 4.04. The summed E-state index contributed by atoms with van der Waals surface area (Å²) in [6.07, 6.45) is 0. The molecule has 0 unspecified atom stereocenters. The van der Waals surface area contributed by atoms with E-state index in [1.54, 1.807) is 19.2 Å². The molecular weight excluding hydrogens is 202 g/mol. The van der Waals surface area contributed by atoms with Gasteiger partial charge in [-0.2, -0.15) is 5.26 Å². The standard InChI is InChI=1S/C10H10ClNO2/c1-13-9-3-2-8(7-11)10(6-9)14-5-4-12/h2-3,6H,5,7H2,1H3. The number of nitriles is 1. The van der Waals surface area contributed by atoms with E-state index in [0.29, 0.717) is 17.4 Å². The van der Waals surface area contributed by atoms with Gasteiger partial charge in [0.1, 0.15) is 17.6 Å². The van der Waals surface area contributed by atoms with Crippen LogP contribution in [0.4, 0.5) is 0 Å². The molecule has 0 atom stereocenters. The number of benzene rings is 1. The normalized spacial score (nSPS) is 9.21. The van der Waals surface area contributed by atoms with Crippen LogP contribution in [-0.2, 0) is 5.88 Å². The average Bonchev–Trinajstić information content (AvgIpc) is 2.25. The number of alkyl halides is 1. The molecule has 0 amide bonds. The van der Waals surface area contributed by atoms with Gasteiger partial charge in [0.25, 0.3) is 0 Å². The molecule has 0 saturated heterocycles. The Balaban J connectivity index is 2.91. The highest BCUT2D eigenvalue weighted by Crippen LogP contribution is 2.25. The van der Waals surface area contributed by atoms with Gasteiger partial charge in [-0.15, -0.1) is 11.6 Å². The molecule has 0 heterocycles. The van der Waals surface area contributed by atoms with E-state index >= 15 is 0 Å². The molecule has 3 nitrogen and oxygen atoms in total. The number of rotatable bonds is 4. The molecule has 0 aliphatic rings. The Kier molecular flexibility index (Phi) is 4.09. The second kappa shape index (κ2) is 5.36. The highest BCUT2D eigenvalue weighted by atomic mass is 35.5. The predicted molar refractivity (Wildman–Crippen MR) is 53.7 cm³/mol. The first kappa shape index (κ1) is 10.7. The Morgan fingerprint density at radius 1 is 1.50 bits per heavy atom. The maximum atomic E-state index is 8.38. The predicted octanol–water partition coefficient (Wildman–Crippen LogP) is 2.34. The highest BCUT2D eigenvalue weighted by Gasteiger charge is 2.04. The maximum Gasteiger partial charge on any atom is 0.174 e. The molecule has 0 radical (unpaired) electrons. The summed E-state index contributed by atoms with van der Waals surface area (Å²) >= 11 is 5.70. The first-order chi connectivity index (χ1) is 6.81. The number of hydrogen-bond acceptors (Lipinski definition) is 3. The van der Waals surface area contributed by atoms with Crippen molar-refractivity contribution in [3.05, 3.63) is 23.8 Å². The summed E-state index contributed by atoms with van der Waals surface area (Å²) in [5.41, 5.74) is 0.850. The first-order valence-corrected chi connectivity index (χ1v) is 4.58. The third kappa shape index (κ3) is 2.54. The third-order valence-corrected chi connectivity index (χ3v) is 2.00. The molecule has 1 rings (SSSR count). The molecule has 1 aromatic rings. The molecule has 0 spiro atoms. The Bertz CT molecular complexity index is 346. The lowest BCUT2D eigenvalue weighted by Crippen LogP contribution is -1.97. The van der Waals surface area contributed by atoms with Crippen molar-refractivity contribution >= 4 is 11.6 Å². The van der Waals surface area contributed by atoms with Crippen molar-refractivity contribution in [2.24, 2.45) is 0 Å². The van der Waals surface area contributed by atoms with E-state index in [2.05, 4.69) is 0 Å². The summed E-state index contributed by atoms with van der Waals surface area (Å²) in [6.45, 7) is 0.0110. The van der Waals surface area contributed by atoms with E-state index in [-0.39, 0.29) is 6.61 Å². The van der Waals surface area contributed by atoms with Crippen LogP contribution < -0.4 is 9.47 Å². The molecule has 0 aliphatic heterocycles. The van der Waals surface area contributed by atoms with E-state index < -0.39 is 0 Å². The molecule has 4 heteroatoms. The molecule has 1 aromatic carbocycles. The Labute approximate surface area is 87.8 Å². The van der Waals surface area contributed by atoms with E-state index in [9.17, 15) is 0 Å². The van der Waals surface area contributed by atoms with Crippen LogP contribution in [-0.4, -0.2) is 13.7 Å². The van der Waals surface area contributed by atoms with Crippen molar-refractivity contribution in [3.8, 4) is 17.6 Å². The van der Waals surface area contributed by atoms with Crippen molar-refractivity contribution in [1.29, 1.82) is 5.26 Å². The summed E-state index contributed by atoms with van der Waals surface area (Å²) in [4.78, 5) is 0. The van der Waals surface area contributed by atoms with Gasteiger partial charge in [0, 0.05) is 11.6 Å². The molecule has 0 aliphatic carbocycles. The van der Waals surface area contributed by atoms with Crippen molar-refractivity contribution in [3.63, 3.8) is 0 Å². The number of ether oxygens (including phenoxy) is 2. The smallest absolute Gasteiger partial charge is 0.174 e. The third-order valence-electron chi connectivity index (χ3n) is 1.71. The van der Waals surface area contributed by atoms with Crippen molar-refractivity contribution in [1.82, 2.24) is 0 Å². The second-order valence-electron chi connectivity index (χ2n) is 2.55. The minimum atomic E-state index is 0.0110. The molecular formula is C10H10ClNO2. The molecule has 0 saturated carbocycles. The van der Waals surface area contributed by atoms with Crippen molar-refractivity contribution in [2.75, 3.05) is 13.7 Å². The topological polar surface area (TPSA) is 42.2 Å². The summed E-state index contributed by atoms with van der Waals surface area (Å²) < 4.78 is 10.2. The summed E-state index contributed by atoms with van der Waals surface area (Å²) in [5, 5.41) is 8.38. The fourth-order valence-corrected chi connectivity index (χ4v) is 1.24. The van der Waals surface area contributed by atoms with Crippen LogP contribution in [0.25, 0.3) is 0 Å².